The predicted octanol–water partition coefficient (Wildman–Crippen LogP) is 4.32. The lowest BCUT2D eigenvalue weighted by Gasteiger charge is -2.17. The van der Waals surface area contributed by atoms with Crippen LogP contribution in [0.3, 0.4) is 0 Å². The molecule has 3 rings (SSSR count). The third kappa shape index (κ3) is 5.34. The molecule has 170 valence electrons. The summed E-state index contributed by atoms with van der Waals surface area (Å²) in [6.45, 7) is 6.02. The van der Waals surface area contributed by atoms with Gasteiger partial charge in [0, 0.05) is 13.1 Å². The van der Waals surface area contributed by atoms with Crippen molar-refractivity contribution >= 4 is 23.4 Å². The van der Waals surface area contributed by atoms with Gasteiger partial charge in [0.2, 0.25) is 5.91 Å². The molecular weight excluding hydrogens is 428 g/mol. The summed E-state index contributed by atoms with van der Waals surface area (Å²) in [5.74, 6) is 2.68. The van der Waals surface area contributed by atoms with Gasteiger partial charge in [0.25, 0.3) is 0 Å². The van der Waals surface area contributed by atoms with Gasteiger partial charge >= 0.3 is 0 Å². The van der Waals surface area contributed by atoms with Crippen LogP contribution in [0.1, 0.15) is 30.0 Å². The lowest BCUT2D eigenvalue weighted by Crippen LogP contribution is -2.15. The van der Waals surface area contributed by atoms with Crippen molar-refractivity contribution in [3.8, 4) is 17.2 Å². The van der Waals surface area contributed by atoms with Crippen LogP contribution in [-0.2, 0) is 11.8 Å². The highest BCUT2D eigenvalue weighted by Gasteiger charge is 2.19. The van der Waals surface area contributed by atoms with Crippen LogP contribution in [0.25, 0.3) is 0 Å². The smallest absolute Gasteiger partial charge is 0.234 e. The summed E-state index contributed by atoms with van der Waals surface area (Å²) in [7, 11) is 4.99. The van der Waals surface area contributed by atoms with Crippen LogP contribution in [-0.4, -0.2) is 40.6 Å². The number of anilines is 1. The first-order valence-electron chi connectivity index (χ1n) is 10.1. The molecule has 1 heterocycles. The van der Waals surface area contributed by atoms with E-state index in [-0.39, 0.29) is 17.8 Å². The maximum atomic E-state index is 12.5. The molecule has 1 unspecified atom stereocenters. The quantitative estimate of drug-likeness (QED) is 0.480. The summed E-state index contributed by atoms with van der Waals surface area (Å²) in [4.78, 5) is 12.5. The number of carbonyl (C=O) groups excluding carboxylic acids is 1. The number of aromatic nitrogens is 3. The fourth-order valence-electron chi connectivity index (χ4n) is 3.12. The van der Waals surface area contributed by atoms with Crippen molar-refractivity contribution < 1.29 is 19.0 Å². The Hall–Kier alpha value is -3.20. The fraction of sp³-hybridized carbons (Fsp3) is 0.348. The van der Waals surface area contributed by atoms with Crippen LogP contribution < -0.4 is 19.5 Å². The molecule has 1 amide bonds. The summed E-state index contributed by atoms with van der Waals surface area (Å²) in [5, 5.41) is 12.0. The molecule has 32 heavy (non-hydrogen) atoms. The lowest BCUT2D eigenvalue weighted by molar-refractivity contribution is -0.113. The Morgan fingerprint density at radius 3 is 2.62 bits per heavy atom. The van der Waals surface area contributed by atoms with E-state index in [9.17, 15) is 4.79 Å². The lowest BCUT2D eigenvalue weighted by atomic mass is 10.1. The van der Waals surface area contributed by atoms with Gasteiger partial charge in [-0.25, -0.2) is 0 Å². The van der Waals surface area contributed by atoms with Gasteiger partial charge in [0.1, 0.15) is 17.2 Å². The minimum Gasteiger partial charge on any atom is -0.497 e. The molecule has 9 heteroatoms. The van der Waals surface area contributed by atoms with E-state index in [0.717, 1.165) is 11.3 Å². The molecule has 0 fully saturated rings. The number of thioether (sulfide) groups is 1. The number of nitrogens with one attached hydrogen (secondary N) is 1. The number of rotatable bonds is 9. The number of ether oxygens (including phenoxy) is 3. The second-order valence-corrected chi connectivity index (χ2v) is 8.20. The highest BCUT2D eigenvalue weighted by molar-refractivity contribution is 7.99. The number of nitrogens with zero attached hydrogens (tertiary/aromatic N) is 3. The molecule has 0 spiro atoms. The van der Waals surface area contributed by atoms with Crippen molar-refractivity contribution in [1.82, 2.24) is 14.8 Å². The molecule has 2 aromatic carbocycles. The maximum absolute atomic E-state index is 12.5. The topological polar surface area (TPSA) is 87.5 Å². The highest BCUT2D eigenvalue weighted by atomic mass is 32.2. The Morgan fingerprint density at radius 1 is 1.12 bits per heavy atom. The van der Waals surface area contributed by atoms with Crippen LogP contribution >= 0.6 is 11.8 Å². The minimum absolute atomic E-state index is 0.174. The monoisotopic (exact) mass is 456 g/mol. The van der Waals surface area contributed by atoms with Gasteiger partial charge in [0.05, 0.1) is 25.7 Å². The average Bonchev–Trinajstić information content (AvgIpc) is 3.16. The Labute approximate surface area is 192 Å². The van der Waals surface area contributed by atoms with Crippen molar-refractivity contribution in [2.45, 2.75) is 32.0 Å². The average molecular weight is 457 g/mol. The summed E-state index contributed by atoms with van der Waals surface area (Å²) in [5.41, 5.74) is 2.85. The Morgan fingerprint density at radius 2 is 1.91 bits per heavy atom. The van der Waals surface area contributed by atoms with Crippen LogP contribution in [0.5, 0.6) is 17.2 Å². The van der Waals surface area contributed by atoms with E-state index >= 15 is 0 Å². The number of hydrogen-bond donors (Lipinski definition) is 1. The first-order valence-corrected chi connectivity index (χ1v) is 11.1. The fourth-order valence-corrected chi connectivity index (χ4v) is 3.84. The zero-order valence-electron chi connectivity index (χ0n) is 19.1. The summed E-state index contributed by atoms with van der Waals surface area (Å²) in [6.07, 6.45) is -0.292. The van der Waals surface area contributed by atoms with E-state index in [1.807, 2.05) is 37.6 Å². The molecular formula is C23H28N4O4S. The van der Waals surface area contributed by atoms with E-state index in [2.05, 4.69) is 28.5 Å². The van der Waals surface area contributed by atoms with Crippen molar-refractivity contribution in [2.75, 3.05) is 25.3 Å². The number of carbonyl (C=O) groups is 1. The van der Waals surface area contributed by atoms with Crippen molar-refractivity contribution in [1.29, 1.82) is 0 Å². The number of methoxy groups -OCH3 is 2. The zero-order valence-corrected chi connectivity index (χ0v) is 19.9. The second kappa shape index (κ2) is 10.4. The molecule has 1 N–H and O–H groups in total. The molecule has 3 aromatic rings. The Kier molecular flexibility index (Phi) is 7.63. The van der Waals surface area contributed by atoms with Crippen molar-refractivity contribution in [2.24, 2.45) is 7.05 Å². The molecule has 1 aromatic heterocycles. The maximum Gasteiger partial charge on any atom is 0.234 e. The first kappa shape index (κ1) is 23.5. The van der Waals surface area contributed by atoms with Gasteiger partial charge in [-0.2, -0.15) is 0 Å². The van der Waals surface area contributed by atoms with Gasteiger partial charge in [-0.3, -0.25) is 4.79 Å². The Bertz CT molecular complexity index is 1100. The number of amides is 1. The van der Waals surface area contributed by atoms with Gasteiger partial charge in [0.15, 0.2) is 17.1 Å². The van der Waals surface area contributed by atoms with E-state index in [4.69, 9.17) is 14.2 Å². The summed E-state index contributed by atoms with van der Waals surface area (Å²) < 4.78 is 18.5. The zero-order chi connectivity index (χ0) is 23.3. The molecule has 0 aliphatic heterocycles. The SMILES string of the molecule is COc1ccc(NC(=O)CSc2nnc(C(C)Oc3cccc(C)c3C)n2C)c(OC)c1. The second-order valence-electron chi connectivity index (χ2n) is 7.26. The molecule has 0 bridgehead atoms. The molecule has 0 aliphatic carbocycles. The predicted molar refractivity (Wildman–Crippen MR) is 125 cm³/mol. The van der Waals surface area contributed by atoms with Crippen LogP contribution in [0.2, 0.25) is 0 Å². The van der Waals surface area contributed by atoms with Crippen LogP contribution in [0.4, 0.5) is 5.69 Å². The Balaban J connectivity index is 1.62. The standard InChI is InChI=1S/C23H28N4O4S/c1-14-8-7-9-19(15(14)2)31-16(3)22-25-26-23(27(22)4)32-13-21(28)24-18-11-10-17(29-5)12-20(18)30-6/h7-12,16H,13H2,1-6H3,(H,24,28). The van der Waals surface area contributed by atoms with Gasteiger partial charge in [-0.15, -0.1) is 10.2 Å². The number of benzene rings is 2. The van der Waals surface area contributed by atoms with E-state index in [1.165, 1.54) is 17.3 Å². The molecule has 0 saturated heterocycles. The summed E-state index contributed by atoms with van der Waals surface area (Å²) >= 11 is 1.30. The highest BCUT2D eigenvalue weighted by Crippen LogP contribution is 2.30. The normalized spacial score (nSPS) is 11.7. The van der Waals surface area contributed by atoms with E-state index < -0.39 is 0 Å². The third-order valence-electron chi connectivity index (χ3n) is 5.11. The van der Waals surface area contributed by atoms with E-state index in [1.54, 1.807) is 32.4 Å². The van der Waals surface area contributed by atoms with E-state index in [0.29, 0.717) is 28.2 Å². The van der Waals surface area contributed by atoms with Crippen LogP contribution in [0.15, 0.2) is 41.6 Å². The number of aryl methyl sites for hydroxylation is 1. The van der Waals surface area contributed by atoms with Crippen LogP contribution in [0, 0.1) is 13.8 Å². The molecule has 0 aliphatic rings. The number of hydrogen-bond acceptors (Lipinski definition) is 7. The van der Waals surface area contributed by atoms with Gasteiger partial charge < -0.3 is 24.1 Å². The summed E-state index contributed by atoms with van der Waals surface area (Å²) in [6, 6.07) is 11.2. The molecule has 8 nitrogen and oxygen atoms in total. The van der Waals surface area contributed by atoms with Gasteiger partial charge in [-0.05, 0) is 50.1 Å². The first-order chi connectivity index (χ1) is 15.3. The molecule has 0 saturated carbocycles. The minimum atomic E-state index is -0.292. The molecule has 0 radical (unpaired) electrons. The van der Waals surface area contributed by atoms with Crippen molar-refractivity contribution in [3.63, 3.8) is 0 Å². The van der Waals surface area contributed by atoms with Crippen molar-refractivity contribution in [3.05, 3.63) is 53.3 Å². The third-order valence-corrected chi connectivity index (χ3v) is 6.13. The van der Waals surface area contributed by atoms with Gasteiger partial charge in [-0.1, -0.05) is 23.9 Å². The molecule has 1 atom stereocenters. The largest absolute Gasteiger partial charge is 0.497 e.